The number of nitrogens with zero attached hydrogens (tertiary/aromatic N) is 2. The molecular formula is C18H27N3O3S. The molecule has 2 rings (SSSR count). The fourth-order valence-electron chi connectivity index (χ4n) is 3.02. The number of hydrogen-bond acceptors (Lipinski definition) is 5. The van der Waals surface area contributed by atoms with Crippen LogP contribution in [0.2, 0.25) is 0 Å². The van der Waals surface area contributed by atoms with Crippen molar-refractivity contribution in [2.45, 2.75) is 32.2 Å². The molecule has 0 aromatic heterocycles. The van der Waals surface area contributed by atoms with Gasteiger partial charge in [0, 0.05) is 31.3 Å². The Bertz CT molecular complexity index is 607. The number of rotatable bonds is 7. The molecule has 0 spiro atoms. The Morgan fingerprint density at radius 1 is 1.32 bits per heavy atom. The van der Waals surface area contributed by atoms with E-state index < -0.39 is 6.04 Å². The number of benzene rings is 1. The third-order valence-electron chi connectivity index (χ3n) is 4.49. The number of para-hydroxylation sites is 1. The molecule has 0 radical (unpaired) electrons. The van der Waals surface area contributed by atoms with Gasteiger partial charge in [-0.3, -0.25) is 9.59 Å². The Kier molecular flexibility index (Phi) is 7.13. The highest BCUT2D eigenvalue weighted by Crippen LogP contribution is 2.44. The fraction of sp³-hybridized carbons (Fsp3) is 0.556. The summed E-state index contributed by atoms with van der Waals surface area (Å²) in [7, 11) is 0. The minimum atomic E-state index is -0.510. The Labute approximate surface area is 153 Å². The van der Waals surface area contributed by atoms with Crippen LogP contribution in [0.3, 0.4) is 0 Å². The summed E-state index contributed by atoms with van der Waals surface area (Å²) in [6.07, 6.45) is 0. The first-order valence-electron chi connectivity index (χ1n) is 8.68. The van der Waals surface area contributed by atoms with E-state index in [-0.39, 0.29) is 22.9 Å². The highest BCUT2D eigenvalue weighted by molar-refractivity contribution is 7.99. The number of phenols is 1. The molecule has 1 aliphatic heterocycles. The van der Waals surface area contributed by atoms with Crippen molar-refractivity contribution in [1.82, 2.24) is 15.1 Å². The SMILES string of the molecule is CCN(CC)CCNC(=O)[C@H]1CS[C@H](c2ccccc2O)N1C(C)=O. The van der Waals surface area contributed by atoms with Crippen molar-refractivity contribution < 1.29 is 14.7 Å². The summed E-state index contributed by atoms with van der Waals surface area (Å²) >= 11 is 1.51. The van der Waals surface area contributed by atoms with E-state index in [0.29, 0.717) is 17.9 Å². The maximum Gasteiger partial charge on any atom is 0.243 e. The van der Waals surface area contributed by atoms with E-state index in [1.165, 1.54) is 18.7 Å². The van der Waals surface area contributed by atoms with E-state index in [1.807, 2.05) is 6.07 Å². The first-order valence-corrected chi connectivity index (χ1v) is 9.72. The van der Waals surface area contributed by atoms with Crippen LogP contribution >= 0.6 is 11.8 Å². The molecule has 25 heavy (non-hydrogen) atoms. The normalized spacial score (nSPS) is 20.1. The molecule has 6 nitrogen and oxygen atoms in total. The zero-order chi connectivity index (χ0) is 18.4. The third kappa shape index (κ3) is 4.67. The second kappa shape index (κ2) is 9.10. The Morgan fingerprint density at radius 3 is 2.60 bits per heavy atom. The van der Waals surface area contributed by atoms with Gasteiger partial charge in [0.2, 0.25) is 11.8 Å². The summed E-state index contributed by atoms with van der Waals surface area (Å²) in [5.41, 5.74) is 0.668. The van der Waals surface area contributed by atoms with Crippen molar-refractivity contribution in [3.8, 4) is 5.75 Å². The lowest BCUT2D eigenvalue weighted by Crippen LogP contribution is -2.48. The van der Waals surface area contributed by atoms with Crippen molar-refractivity contribution in [3.63, 3.8) is 0 Å². The summed E-state index contributed by atoms with van der Waals surface area (Å²) < 4.78 is 0. The molecule has 138 valence electrons. The smallest absolute Gasteiger partial charge is 0.243 e. The van der Waals surface area contributed by atoms with Gasteiger partial charge in [0.05, 0.1) is 0 Å². The number of carbonyl (C=O) groups is 2. The van der Waals surface area contributed by atoms with Gasteiger partial charge in [-0.25, -0.2) is 0 Å². The van der Waals surface area contributed by atoms with Crippen LogP contribution in [0.1, 0.15) is 31.7 Å². The van der Waals surface area contributed by atoms with Crippen LogP contribution < -0.4 is 5.32 Å². The minimum Gasteiger partial charge on any atom is -0.508 e. The largest absolute Gasteiger partial charge is 0.508 e. The van der Waals surface area contributed by atoms with E-state index in [9.17, 15) is 14.7 Å². The highest BCUT2D eigenvalue weighted by atomic mass is 32.2. The zero-order valence-electron chi connectivity index (χ0n) is 15.1. The number of nitrogens with one attached hydrogen (secondary N) is 1. The van der Waals surface area contributed by atoms with Crippen LogP contribution in [-0.2, 0) is 9.59 Å². The number of hydrogen-bond donors (Lipinski definition) is 2. The molecular weight excluding hydrogens is 338 g/mol. The van der Waals surface area contributed by atoms with Gasteiger partial charge in [0.1, 0.15) is 17.2 Å². The van der Waals surface area contributed by atoms with E-state index >= 15 is 0 Å². The molecule has 0 aliphatic carbocycles. The summed E-state index contributed by atoms with van der Waals surface area (Å²) in [5.74, 6) is 0.374. The van der Waals surface area contributed by atoms with Crippen molar-refractivity contribution in [2.75, 3.05) is 31.9 Å². The maximum atomic E-state index is 12.6. The molecule has 0 saturated carbocycles. The molecule has 2 N–H and O–H groups in total. The van der Waals surface area contributed by atoms with E-state index in [4.69, 9.17) is 0 Å². The molecule has 1 heterocycles. The average molecular weight is 365 g/mol. The Morgan fingerprint density at radius 2 is 2.00 bits per heavy atom. The lowest BCUT2D eigenvalue weighted by Gasteiger charge is -2.28. The lowest BCUT2D eigenvalue weighted by molar-refractivity contribution is -0.138. The van der Waals surface area contributed by atoms with E-state index in [2.05, 4.69) is 24.1 Å². The average Bonchev–Trinajstić information content (AvgIpc) is 3.04. The summed E-state index contributed by atoms with van der Waals surface area (Å²) in [6.45, 7) is 8.90. The highest BCUT2D eigenvalue weighted by Gasteiger charge is 2.41. The number of thioether (sulfide) groups is 1. The number of amides is 2. The standard InChI is InChI=1S/C18H27N3O3S/c1-4-20(5-2)11-10-19-17(24)15-12-25-18(21(15)13(3)22)14-8-6-7-9-16(14)23/h6-9,15,18,23H,4-5,10-12H2,1-3H3,(H,19,24)/t15-,18-/m1/s1. The second-order valence-corrected chi connectivity index (χ2v) is 7.12. The number of carbonyl (C=O) groups excluding carboxylic acids is 2. The van der Waals surface area contributed by atoms with Gasteiger partial charge in [0.25, 0.3) is 0 Å². The maximum absolute atomic E-state index is 12.6. The van der Waals surface area contributed by atoms with Gasteiger partial charge in [0.15, 0.2) is 0 Å². The zero-order valence-corrected chi connectivity index (χ0v) is 15.9. The fourth-order valence-corrected chi connectivity index (χ4v) is 4.54. The Balaban J connectivity index is 2.05. The number of phenolic OH excluding ortho intramolecular Hbond substituents is 1. The quantitative estimate of drug-likeness (QED) is 0.771. The molecule has 1 aliphatic rings. The molecule has 2 atom stereocenters. The summed E-state index contributed by atoms with van der Waals surface area (Å²) in [4.78, 5) is 28.6. The van der Waals surface area contributed by atoms with Crippen LogP contribution in [0.4, 0.5) is 0 Å². The van der Waals surface area contributed by atoms with Crippen molar-refractivity contribution in [1.29, 1.82) is 0 Å². The van der Waals surface area contributed by atoms with Gasteiger partial charge in [-0.15, -0.1) is 11.8 Å². The Hall–Kier alpha value is -1.73. The minimum absolute atomic E-state index is 0.132. The predicted molar refractivity (Wildman–Crippen MR) is 100 cm³/mol. The van der Waals surface area contributed by atoms with Gasteiger partial charge >= 0.3 is 0 Å². The number of aromatic hydroxyl groups is 1. The van der Waals surface area contributed by atoms with Crippen LogP contribution in [0, 0.1) is 0 Å². The van der Waals surface area contributed by atoms with Crippen molar-refractivity contribution in [3.05, 3.63) is 29.8 Å². The van der Waals surface area contributed by atoms with Gasteiger partial charge < -0.3 is 20.2 Å². The van der Waals surface area contributed by atoms with Crippen LogP contribution in [0.25, 0.3) is 0 Å². The monoisotopic (exact) mass is 365 g/mol. The van der Waals surface area contributed by atoms with E-state index in [1.54, 1.807) is 23.1 Å². The molecule has 1 aromatic rings. The molecule has 1 aromatic carbocycles. The lowest BCUT2D eigenvalue weighted by atomic mass is 10.1. The van der Waals surface area contributed by atoms with Gasteiger partial charge in [-0.1, -0.05) is 32.0 Å². The van der Waals surface area contributed by atoms with Crippen molar-refractivity contribution in [2.24, 2.45) is 0 Å². The van der Waals surface area contributed by atoms with Crippen LogP contribution in [-0.4, -0.2) is 64.7 Å². The first kappa shape index (κ1) is 19.6. The molecule has 2 amide bonds. The summed E-state index contributed by atoms with van der Waals surface area (Å²) in [6, 6.07) is 6.46. The topological polar surface area (TPSA) is 72.9 Å². The molecule has 1 saturated heterocycles. The molecule has 0 unspecified atom stereocenters. The predicted octanol–water partition coefficient (Wildman–Crippen LogP) is 1.81. The second-order valence-electron chi connectivity index (χ2n) is 6.00. The van der Waals surface area contributed by atoms with Crippen LogP contribution in [0.5, 0.6) is 5.75 Å². The van der Waals surface area contributed by atoms with Crippen molar-refractivity contribution >= 4 is 23.6 Å². The molecule has 1 fully saturated rings. The molecule has 0 bridgehead atoms. The van der Waals surface area contributed by atoms with Gasteiger partial charge in [-0.05, 0) is 19.2 Å². The first-order chi connectivity index (χ1) is 12.0. The molecule has 7 heteroatoms. The van der Waals surface area contributed by atoms with Crippen LogP contribution in [0.15, 0.2) is 24.3 Å². The number of likely N-dealkylation sites (N-methyl/N-ethyl adjacent to an activating group) is 1. The third-order valence-corrected chi connectivity index (χ3v) is 5.80. The van der Waals surface area contributed by atoms with Gasteiger partial charge in [-0.2, -0.15) is 0 Å². The summed E-state index contributed by atoms with van der Waals surface area (Å²) in [5, 5.41) is 12.7. The van der Waals surface area contributed by atoms with E-state index in [0.717, 1.165) is 19.6 Å².